The Bertz CT molecular complexity index is 1160. The van der Waals surface area contributed by atoms with E-state index in [9.17, 15) is 19.5 Å². The molecule has 1 unspecified atom stereocenters. The molecule has 0 aromatic heterocycles. The van der Waals surface area contributed by atoms with E-state index in [4.69, 9.17) is 18.9 Å². The molecule has 1 heterocycles. The second kappa shape index (κ2) is 10.5. The number of hydrogen-bond donors (Lipinski definition) is 1. The molecule has 1 saturated heterocycles. The molecule has 1 N–H and O–H groups in total. The van der Waals surface area contributed by atoms with E-state index < -0.39 is 42.0 Å². The maximum atomic E-state index is 12.8. The van der Waals surface area contributed by atoms with E-state index in [0.29, 0.717) is 5.56 Å². The molecular weight excluding hydrogens is 452 g/mol. The Kier molecular flexibility index (Phi) is 7.24. The fraction of sp³-hybridized carbons (Fsp3) is 0.222. The molecule has 3 aromatic rings. The fourth-order valence-corrected chi connectivity index (χ4v) is 3.72. The summed E-state index contributed by atoms with van der Waals surface area (Å²) in [7, 11) is 0. The highest BCUT2D eigenvalue weighted by Gasteiger charge is 2.56. The Hall–Kier alpha value is -4.01. The van der Waals surface area contributed by atoms with Crippen molar-refractivity contribution in [1.82, 2.24) is 0 Å². The van der Waals surface area contributed by atoms with Gasteiger partial charge in [0.15, 0.2) is 12.2 Å². The van der Waals surface area contributed by atoms with Gasteiger partial charge in [-0.25, -0.2) is 14.4 Å². The van der Waals surface area contributed by atoms with E-state index in [-0.39, 0.29) is 17.7 Å². The number of esters is 3. The normalized spacial score (nSPS) is 23.3. The lowest BCUT2D eigenvalue weighted by atomic mass is 10.1. The highest BCUT2D eigenvalue weighted by atomic mass is 16.7. The zero-order valence-electron chi connectivity index (χ0n) is 18.9. The molecule has 8 nitrogen and oxygen atoms in total. The van der Waals surface area contributed by atoms with Crippen molar-refractivity contribution in [1.29, 1.82) is 0 Å². The highest BCUT2D eigenvalue weighted by molar-refractivity contribution is 5.91. The predicted octanol–water partition coefficient (Wildman–Crippen LogP) is 3.40. The molecular formula is C27H24O8. The molecule has 1 aliphatic heterocycles. The van der Waals surface area contributed by atoms with Gasteiger partial charge in [-0.05, 0) is 43.3 Å². The van der Waals surface area contributed by atoms with Crippen molar-refractivity contribution in [2.75, 3.05) is 6.61 Å². The summed E-state index contributed by atoms with van der Waals surface area (Å²) in [5, 5.41) is 10.9. The standard InChI is InChI=1S/C27H24O8/c1-27(31)23(34-26(30)20-15-9-4-10-16-20)22(33-25(29)19-13-7-3-8-14-19)21(35-27)17-32-24(28)18-11-5-2-6-12-18/h2-16,21-23,31H,17H2,1H3/t21-,22+,23+,27?/m0/s1. The third-order valence-electron chi connectivity index (χ3n) is 5.47. The predicted molar refractivity (Wildman–Crippen MR) is 124 cm³/mol. The van der Waals surface area contributed by atoms with Crippen molar-refractivity contribution in [2.45, 2.75) is 31.0 Å². The topological polar surface area (TPSA) is 108 Å². The first-order valence-electron chi connectivity index (χ1n) is 11.0. The fourth-order valence-electron chi connectivity index (χ4n) is 3.72. The molecule has 35 heavy (non-hydrogen) atoms. The molecule has 8 heteroatoms. The van der Waals surface area contributed by atoms with Gasteiger partial charge in [-0.2, -0.15) is 0 Å². The van der Waals surface area contributed by atoms with Crippen LogP contribution in [0.1, 0.15) is 38.0 Å². The maximum Gasteiger partial charge on any atom is 0.338 e. The summed E-state index contributed by atoms with van der Waals surface area (Å²) in [4.78, 5) is 38.0. The molecule has 0 spiro atoms. The molecule has 0 bridgehead atoms. The first-order chi connectivity index (χ1) is 16.8. The summed E-state index contributed by atoms with van der Waals surface area (Å²) in [6, 6.07) is 24.7. The van der Waals surface area contributed by atoms with E-state index in [2.05, 4.69) is 0 Å². The van der Waals surface area contributed by atoms with Crippen LogP contribution < -0.4 is 0 Å². The smallest absolute Gasteiger partial charge is 0.338 e. The van der Waals surface area contributed by atoms with Crippen LogP contribution in [0.2, 0.25) is 0 Å². The number of ether oxygens (including phenoxy) is 4. The van der Waals surface area contributed by atoms with Crippen LogP contribution in [0.3, 0.4) is 0 Å². The summed E-state index contributed by atoms with van der Waals surface area (Å²) in [5.74, 6) is -4.08. The molecule has 0 aliphatic carbocycles. The Labute approximate surface area is 202 Å². The van der Waals surface area contributed by atoms with Crippen LogP contribution in [0.4, 0.5) is 0 Å². The van der Waals surface area contributed by atoms with Gasteiger partial charge >= 0.3 is 17.9 Å². The summed E-state index contributed by atoms with van der Waals surface area (Å²) >= 11 is 0. The zero-order chi connectivity index (χ0) is 24.8. The molecule has 180 valence electrons. The molecule has 0 radical (unpaired) electrons. The number of carbonyl (C=O) groups is 3. The molecule has 4 atom stereocenters. The van der Waals surface area contributed by atoms with E-state index in [0.717, 1.165) is 0 Å². The van der Waals surface area contributed by atoms with Crippen molar-refractivity contribution in [3.05, 3.63) is 108 Å². The van der Waals surface area contributed by atoms with Crippen molar-refractivity contribution < 1.29 is 38.4 Å². The van der Waals surface area contributed by atoms with Crippen molar-refractivity contribution >= 4 is 17.9 Å². The summed E-state index contributed by atoms with van der Waals surface area (Å²) in [6.07, 6.45) is -3.74. The third-order valence-corrected chi connectivity index (χ3v) is 5.47. The monoisotopic (exact) mass is 476 g/mol. The molecule has 3 aromatic carbocycles. The van der Waals surface area contributed by atoms with Crippen LogP contribution in [0.5, 0.6) is 0 Å². The molecule has 0 amide bonds. The van der Waals surface area contributed by atoms with E-state index in [1.807, 2.05) is 0 Å². The molecule has 4 rings (SSSR count). The summed E-state index contributed by atoms with van der Waals surface area (Å²) in [6.45, 7) is 0.939. The SMILES string of the molecule is CC1(O)O[C@@H](COC(=O)c2ccccc2)[C@@H](OC(=O)c2ccccc2)[C@H]1OC(=O)c1ccccc1. The van der Waals surface area contributed by atoms with E-state index >= 15 is 0 Å². The van der Waals surface area contributed by atoms with Gasteiger partial charge < -0.3 is 24.1 Å². The number of aliphatic hydroxyl groups is 1. The van der Waals surface area contributed by atoms with Crippen molar-refractivity contribution in [3.63, 3.8) is 0 Å². The Morgan fingerprint density at radius 2 is 1.17 bits per heavy atom. The summed E-state index contributed by atoms with van der Waals surface area (Å²) in [5.41, 5.74) is 0.824. The van der Waals surface area contributed by atoms with Crippen molar-refractivity contribution in [2.24, 2.45) is 0 Å². The van der Waals surface area contributed by atoms with Crippen LogP contribution in [-0.4, -0.2) is 53.7 Å². The van der Waals surface area contributed by atoms with Gasteiger partial charge in [0.25, 0.3) is 0 Å². The van der Waals surface area contributed by atoms with Gasteiger partial charge in [-0.1, -0.05) is 54.6 Å². The van der Waals surface area contributed by atoms with Crippen LogP contribution in [0.25, 0.3) is 0 Å². The Balaban J connectivity index is 1.55. The third kappa shape index (κ3) is 5.74. The van der Waals surface area contributed by atoms with Crippen LogP contribution >= 0.6 is 0 Å². The van der Waals surface area contributed by atoms with E-state index in [1.54, 1.807) is 91.0 Å². The van der Waals surface area contributed by atoms with Crippen LogP contribution in [-0.2, 0) is 18.9 Å². The van der Waals surface area contributed by atoms with Crippen LogP contribution in [0.15, 0.2) is 91.0 Å². The quantitative estimate of drug-likeness (QED) is 0.408. The Morgan fingerprint density at radius 1 is 0.743 bits per heavy atom. The number of benzene rings is 3. The second-order valence-corrected chi connectivity index (χ2v) is 8.10. The highest BCUT2D eigenvalue weighted by Crippen LogP contribution is 2.35. The van der Waals surface area contributed by atoms with Gasteiger partial charge in [-0.15, -0.1) is 0 Å². The van der Waals surface area contributed by atoms with Gasteiger partial charge in [0.2, 0.25) is 5.79 Å². The van der Waals surface area contributed by atoms with Crippen LogP contribution in [0, 0.1) is 0 Å². The minimum absolute atomic E-state index is 0.246. The first kappa shape index (κ1) is 24.1. The lowest BCUT2D eigenvalue weighted by Gasteiger charge is -2.26. The largest absolute Gasteiger partial charge is 0.459 e. The molecule has 1 fully saturated rings. The average Bonchev–Trinajstić information content (AvgIpc) is 3.12. The molecule has 0 saturated carbocycles. The number of carbonyl (C=O) groups excluding carboxylic acids is 3. The average molecular weight is 476 g/mol. The number of rotatable bonds is 7. The van der Waals surface area contributed by atoms with Gasteiger partial charge in [-0.3, -0.25) is 0 Å². The van der Waals surface area contributed by atoms with Gasteiger partial charge in [0.05, 0.1) is 16.7 Å². The maximum absolute atomic E-state index is 12.8. The zero-order valence-corrected chi connectivity index (χ0v) is 18.9. The first-order valence-corrected chi connectivity index (χ1v) is 11.0. The minimum atomic E-state index is -2.02. The minimum Gasteiger partial charge on any atom is -0.459 e. The Morgan fingerprint density at radius 3 is 1.66 bits per heavy atom. The van der Waals surface area contributed by atoms with Crippen molar-refractivity contribution in [3.8, 4) is 0 Å². The lowest BCUT2D eigenvalue weighted by Crippen LogP contribution is -2.46. The summed E-state index contributed by atoms with van der Waals surface area (Å²) < 4.78 is 22.2. The number of hydrogen-bond acceptors (Lipinski definition) is 8. The van der Waals surface area contributed by atoms with E-state index in [1.165, 1.54) is 6.92 Å². The van der Waals surface area contributed by atoms with Gasteiger partial charge in [0.1, 0.15) is 12.7 Å². The second-order valence-electron chi connectivity index (χ2n) is 8.10. The van der Waals surface area contributed by atoms with Gasteiger partial charge in [0, 0.05) is 0 Å². The molecule has 1 aliphatic rings. The lowest BCUT2D eigenvalue weighted by molar-refractivity contribution is -0.217.